The summed E-state index contributed by atoms with van der Waals surface area (Å²) in [5.74, 6) is -2.02. The van der Waals surface area contributed by atoms with E-state index in [4.69, 9.17) is 21.7 Å². The predicted octanol–water partition coefficient (Wildman–Crippen LogP) is 1.00. The van der Waals surface area contributed by atoms with E-state index in [1.165, 1.54) is 12.1 Å². The number of anilines is 1. The van der Waals surface area contributed by atoms with Crippen LogP contribution < -0.4 is 10.6 Å². The summed E-state index contributed by atoms with van der Waals surface area (Å²) in [6, 6.07) is 2.31. The molecule has 136 valence electrons. The van der Waals surface area contributed by atoms with Crippen LogP contribution >= 0.6 is 12.2 Å². The quantitative estimate of drug-likeness (QED) is 0.703. The Labute approximate surface area is 152 Å². The molecule has 8 nitrogen and oxygen atoms in total. The van der Waals surface area contributed by atoms with Gasteiger partial charge in [-0.25, -0.2) is 14.1 Å². The number of imide groups is 1. The first-order valence-electron chi connectivity index (χ1n) is 7.78. The van der Waals surface area contributed by atoms with Crippen molar-refractivity contribution >= 4 is 41.0 Å². The van der Waals surface area contributed by atoms with E-state index in [2.05, 4.69) is 10.6 Å². The molecule has 10 heteroatoms. The molecule has 0 aromatic heterocycles. The minimum atomic E-state index is -1.90. The summed E-state index contributed by atoms with van der Waals surface area (Å²) in [6.45, 7) is 3.32. The second-order valence-corrected chi connectivity index (χ2v) is 7.26. The minimum Gasteiger partial charge on any atom is -0.447 e. The first-order chi connectivity index (χ1) is 12.2. The summed E-state index contributed by atoms with van der Waals surface area (Å²) in [5, 5.41) is 5.01. The standard InChI is InChI=1S/C16H14FN3O5S/c1-15(2)6-24-14(23)20(15)11(21)10-16(25-13(26)19-10)8-5-7(17)3-4-9(8)18-12(16)22/h3-5,10H,6H2,1-2H3,(H,18,22)(H,19,26)/t10-,16-/m1/s1. The molecule has 1 aromatic carbocycles. The van der Waals surface area contributed by atoms with Gasteiger partial charge in [-0.2, -0.15) is 0 Å². The second-order valence-electron chi connectivity index (χ2n) is 6.89. The average Bonchev–Trinajstić information content (AvgIpc) is 3.14. The van der Waals surface area contributed by atoms with Crippen LogP contribution in [0.2, 0.25) is 0 Å². The predicted molar refractivity (Wildman–Crippen MR) is 89.6 cm³/mol. The molecular formula is C16H14FN3O5S. The van der Waals surface area contributed by atoms with Gasteiger partial charge in [0.1, 0.15) is 12.4 Å². The lowest BCUT2D eigenvalue weighted by Gasteiger charge is -2.32. The smallest absolute Gasteiger partial charge is 0.417 e. The molecular weight excluding hydrogens is 365 g/mol. The number of hydrogen-bond donors (Lipinski definition) is 2. The third kappa shape index (κ3) is 2.05. The van der Waals surface area contributed by atoms with Gasteiger partial charge in [-0.05, 0) is 44.3 Å². The SMILES string of the molecule is CC1(C)COC(=O)N1C(=O)[C@H]1NC(=S)O[C@@]12C(=O)Nc1ccc(F)cc12. The van der Waals surface area contributed by atoms with Gasteiger partial charge in [0.2, 0.25) is 5.60 Å². The Kier molecular flexibility index (Phi) is 3.30. The van der Waals surface area contributed by atoms with E-state index in [1.54, 1.807) is 13.8 Å². The van der Waals surface area contributed by atoms with Gasteiger partial charge in [0.25, 0.3) is 17.0 Å². The zero-order valence-corrected chi connectivity index (χ0v) is 14.6. The Hall–Kier alpha value is -2.75. The lowest BCUT2D eigenvalue weighted by Crippen LogP contribution is -2.59. The van der Waals surface area contributed by atoms with Crippen molar-refractivity contribution < 1.29 is 28.2 Å². The molecule has 3 amide bonds. The van der Waals surface area contributed by atoms with E-state index in [9.17, 15) is 18.8 Å². The highest BCUT2D eigenvalue weighted by molar-refractivity contribution is 7.80. The Balaban J connectivity index is 1.84. The number of hydrogen-bond acceptors (Lipinski definition) is 6. The molecule has 2 fully saturated rings. The van der Waals surface area contributed by atoms with Crippen molar-refractivity contribution in [1.29, 1.82) is 0 Å². The summed E-state index contributed by atoms with van der Waals surface area (Å²) in [6.07, 6.45) is -0.826. The molecule has 1 aromatic rings. The lowest BCUT2D eigenvalue weighted by molar-refractivity contribution is -0.144. The summed E-state index contributed by atoms with van der Waals surface area (Å²) in [5.41, 5.74) is -2.37. The Bertz CT molecular complexity index is 889. The molecule has 1 spiro atoms. The number of ether oxygens (including phenoxy) is 2. The van der Waals surface area contributed by atoms with Gasteiger partial charge < -0.3 is 20.1 Å². The highest BCUT2D eigenvalue weighted by Crippen LogP contribution is 2.45. The largest absolute Gasteiger partial charge is 0.447 e. The molecule has 3 heterocycles. The normalized spacial score (nSPS) is 28.5. The van der Waals surface area contributed by atoms with Crippen LogP contribution in [-0.4, -0.2) is 46.2 Å². The highest BCUT2D eigenvalue weighted by Gasteiger charge is 2.65. The number of benzene rings is 1. The number of halogens is 1. The fraction of sp³-hybridized carbons (Fsp3) is 0.375. The van der Waals surface area contributed by atoms with Gasteiger partial charge in [0, 0.05) is 11.3 Å². The summed E-state index contributed by atoms with van der Waals surface area (Å²) in [4.78, 5) is 38.9. The van der Waals surface area contributed by atoms with E-state index in [0.717, 1.165) is 11.0 Å². The van der Waals surface area contributed by atoms with Crippen LogP contribution in [0.15, 0.2) is 18.2 Å². The van der Waals surface area contributed by atoms with Crippen molar-refractivity contribution in [1.82, 2.24) is 10.2 Å². The molecule has 2 saturated heterocycles. The molecule has 2 atom stereocenters. The van der Waals surface area contributed by atoms with Crippen LogP contribution in [0.1, 0.15) is 19.4 Å². The van der Waals surface area contributed by atoms with E-state index < -0.39 is 40.9 Å². The van der Waals surface area contributed by atoms with Gasteiger partial charge >= 0.3 is 6.09 Å². The molecule has 26 heavy (non-hydrogen) atoms. The summed E-state index contributed by atoms with van der Waals surface area (Å²) < 4.78 is 24.3. The van der Waals surface area contributed by atoms with Crippen LogP contribution in [0.25, 0.3) is 0 Å². The topological polar surface area (TPSA) is 97.0 Å². The Morgan fingerprint density at radius 2 is 2.12 bits per heavy atom. The van der Waals surface area contributed by atoms with Crippen molar-refractivity contribution in [3.05, 3.63) is 29.6 Å². The van der Waals surface area contributed by atoms with Gasteiger partial charge in [-0.1, -0.05) is 0 Å². The maximum atomic E-state index is 13.8. The number of nitrogens with one attached hydrogen (secondary N) is 2. The molecule has 3 aliphatic heterocycles. The number of rotatable bonds is 1. The van der Waals surface area contributed by atoms with Crippen molar-refractivity contribution in [3.63, 3.8) is 0 Å². The molecule has 0 radical (unpaired) electrons. The van der Waals surface area contributed by atoms with Crippen molar-refractivity contribution in [2.45, 2.75) is 31.0 Å². The van der Waals surface area contributed by atoms with Crippen LogP contribution in [-0.2, 0) is 24.7 Å². The molecule has 2 N–H and O–H groups in total. The zero-order valence-electron chi connectivity index (χ0n) is 13.8. The van der Waals surface area contributed by atoms with Gasteiger partial charge in [-0.15, -0.1) is 0 Å². The molecule has 0 aliphatic carbocycles. The molecule has 3 aliphatic rings. The fourth-order valence-corrected chi connectivity index (χ4v) is 3.73. The first-order valence-corrected chi connectivity index (χ1v) is 8.19. The van der Waals surface area contributed by atoms with Crippen LogP contribution in [0.4, 0.5) is 14.9 Å². The number of carbonyl (C=O) groups is 3. The van der Waals surface area contributed by atoms with Gasteiger partial charge in [-0.3, -0.25) is 9.59 Å². The molecule has 0 bridgehead atoms. The third-order valence-corrected chi connectivity index (χ3v) is 4.89. The number of thiocarbonyl (C=S) groups is 1. The Morgan fingerprint density at radius 3 is 2.77 bits per heavy atom. The summed E-state index contributed by atoms with van der Waals surface area (Å²) >= 11 is 5.01. The van der Waals surface area contributed by atoms with E-state index in [1.807, 2.05) is 0 Å². The highest BCUT2D eigenvalue weighted by atomic mass is 32.1. The number of nitrogens with zero attached hydrogens (tertiary/aromatic N) is 1. The number of cyclic esters (lactones) is 1. The van der Waals surface area contributed by atoms with Gasteiger partial charge in [0.15, 0.2) is 6.04 Å². The second kappa shape index (κ2) is 5.13. The third-order valence-electron chi connectivity index (χ3n) is 4.69. The number of carbonyl (C=O) groups excluding carboxylic acids is 3. The number of amides is 3. The molecule has 0 saturated carbocycles. The zero-order chi connectivity index (χ0) is 18.9. The van der Waals surface area contributed by atoms with E-state index in [-0.39, 0.29) is 17.3 Å². The molecule has 0 unspecified atom stereocenters. The minimum absolute atomic E-state index is 0.0139. The van der Waals surface area contributed by atoms with E-state index >= 15 is 0 Å². The van der Waals surface area contributed by atoms with Crippen LogP contribution in [0, 0.1) is 5.82 Å². The van der Waals surface area contributed by atoms with Crippen molar-refractivity contribution in [2.75, 3.05) is 11.9 Å². The number of fused-ring (bicyclic) bond motifs is 2. The van der Waals surface area contributed by atoms with Crippen LogP contribution in [0.3, 0.4) is 0 Å². The maximum absolute atomic E-state index is 13.8. The summed E-state index contributed by atoms with van der Waals surface area (Å²) in [7, 11) is 0. The fourth-order valence-electron chi connectivity index (χ4n) is 3.48. The average molecular weight is 379 g/mol. The van der Waals surface area contributed by atoms with Crippen LogP contribution in [0.5, 0.6) is 0 Å². The Morgan fingerprint density at radius 1 is 1.38 bits per heavy atom. The van der Waals surface area contributed by atoms with Crippen molar-refractivity contribution in [3.8, 4) is 0 Å². The lowest BCUT2D eigenvalue weighted by atomic mass is 9.86. The molecule has 4 rings (SSSR count). The monoisotopic (exact) mass is 379 g/mol. The first kappa shape index (κ1) is 16.7. The van der Waals surface area contributed by atoms with E-state index in [0.29, 0.717) is 5.69 Å². The van der Waals surface area contributed by atoms with Crippen molar-refractivity contribution in [2.24, 2.45) is 0 Å². The van der Waals surface area contributed by atoms with Gasteiger partial charge in [0.05, 0.1) is 5.54 Å². The maximum Gasteiger partial charge on any atom is 0.417 e.